The van der Waals surface area contributed by atoms with Gasteiger partial charge >= 0.3 is 6.09 Å². The molecule has 0 unspecified atom stereocenters. The van der Waals surface area contributed by atoms with E-state index in [1.54, 1.807) is 29.4 Å². The number of pyridine rings is 1. The number of amides is 2. The van der Waals surface area contributed by atoms with Crippen LogP contribution >= 0.6 is 0 Å². The van der Waals surface area contributed by atoms with Crippen LogP contribution in [0.2, 0.25) is 0 Å². The lowest BCUT2D eigenvalue weighted by Gasteiger charge is -2.40. The van der Waals surface area contributed by atoms with Crippen LogP contribution in [0.1, 0.15) is 50.9 Å². The Labute approximate surface area is 137 Å². The van der Waals surface area contributed by atoms with Gasteiger partial charge in [0.2, 0.25) is 0 Å². The minimum absolute atomic E-state index is 0.133. The molecule has 1 aliphatic rings. The number of ether oxygens (including phenoxy) is 1. The van der Waals surface area contributed by atoms with Gasteiger partial charge in [-0.2, -0.15) is 0 Å². The van der Waals surface area contributed by atoms with Gasteiger partial charge in [0, 0.05) is 31.0 Å². The molecule has 6 nitrogen and oxygen atoms in total. The Kier molecular flexibility index (Phi) is 4.92. The first kappa shape index (κ1) is 17.2. The first-order chi connectivity index (χ1) is 10.7. The van der Waals surface area contributed by atoms with Crippen molar-refractivity contribution in [2.75, 3.05) is 13.1 Å². The normalized spacial score (nSPS) is 17.5. The highest BCUT2D eigenvalue weighted by Crippen LogP contribution is 2.23. The van der Waals surface area contributed by atoms with Crippen molar-refractivity contribution < 1.29 is 14.3 Å². The summed E-state index contributed by atoms with van der Waals surface area (Å²) in [5, 5.41) is 3.06. The van der Waals surface area contributed by atoms with E-state index in [4.69, 9.17) is 4.74 Å². The Morgan fingerprint density at radius 2 is 1.96 bits per heavy atom. The summed E-state index contributed by atoms with van der Waals surface area (Å²) in [4.78, 5) is 30.0. The Morgan fingerprint density at radius 3 is 2.48 bits per heavy atom. The topological polar surface area (TPSA) is 71.5 Å². The molecule has 0 atom stereocenters. The Morgan fingerprint density at radius 1 is 1.30 bits per heavy atom. The molecule has 6 heteroatoms. The second-order valence-electron chi connectivity index (χ2n) is 7.22. The number of hydrogen-bond donors (Lipinski definition) is 1. The summed E-state index contributed by atoms with van der Waals surface area (Å²) in [6.45, 7) is 8.71. The average molecular weight is 319 g/mol. The summed E-state index contributed by atoms with van der Waals surface area (Å²) >= 11 is 0. The van der Waals surface area contributed by atoms with Gasteiger partial charge in [-0.3, -0.25) is 9.78 Å². The minimum Gasteiger partial charge on any atom is -0.444 e. The molecule has 0 aliphatic carbocycles. The monoisotopic (exact) mass is 319 g/mol. The van der Waals surface area contributed by atoms with E-state index in [1.165, 1.54) is 0 Å². The van der Waals surface area contributed by atoms with Gasteiger partial charge in [-0.15, -0.1) is 0 Å². The summed E-state index contributed by atoms with van der Waals surface area (Å²) in [7, 11) is 0. The van der Waals surface area contributed by atoms with Crippen molar-refractivity contribution in [1.82, 2.24) is 15.2 Å². The van der Waals surface area contributed by atoms with Crippen molar-refractivity contribution in [3.63, 3.8) is 0 Å². The lowest BCUT2D eigenvalue weighted by molar-refractivity contribution is 0.0160. The number of nitrogens with zero attached hydrogens (tertiary/aromatic N) is 2. The van der Waals surface area contributed by atoms with Gasteiger partial charge in [-0.25, -0.2) is 4.79 Å². The lowest BCUT2D eigenvalue weighted by Crippen LogP contribution is -2.54. The van der Waals surface area contributed by atoms with Crippen molar-refractivity contribution >= 4 is 12.0 Å². The number of carbonyl (C=O) groups excluding carboxylic acids is 2. The fourth-order valence-electron chi connectivity index (χ4n) is 2.48. The maximum atomic E-state index is 12.3. The zero-order valence-corrected chi connectivity index (χ0v) is 14.3. The van der Waals surface area contributed by atoms with Crippen LogP contribution in [-0.4, -0.2) is 46.1 Å². The second kappa shape index (κ2) is 6.56. The van der Waals surface area contributed by atoms with Gasteiger partial charge in [0.15, 0.2) is 0 Å². The van der Waals surface area contributed by atoms with Crippen LogP contribution in [0.5, 0.6) is 0 Å². The Bertz CT molecular complexity index is 558. The van der Waals surface area contributed by atoms with E-state index in [0.717, 1.165) is 0 Å². The highest BCUT2D eigenvalue weighted by atomic mass is 16.6. The van der Waals surface area contributed by atoms with Gasteiger partial charge in [0.05, 0.1) is 5.56 Å². The summed E-state index contributed by atoms with van der Waals surface area (Å²) in [5.74, 6) is -0.133. The molecule has 2 rings (SSSR count). The van der Waals surface area contributed by atoms with E-state index in [-0.39, 0.29) is 17.5 Å². The Balaban J connectivity index is 1.90. The van der Waals surface area contributed by atoms with Crippen molar-refractivity contribution in [2.45, 2.75) is 51.7 Å². The SMILES string of the molecule is CC1(NC(=O)c2cccnc2)CCN(C(=O)OC(C)(C)C)CC1. The molecular weight excluding hydrogens is 294 g/mol. The number of likely N-dealkylation sites (tertiary alicyclic amines) is 1. The van der Waals surface area contributed by atoms with E-state index >= 15 is 0 Å². The van der Waals surface area contributed by atoms with E-state index in [2.05, 4.69) is 10.3 Å². The predicted octanol–water partition coefficient (Wildman–Crippen LogP) is 2.60. The molecule has 23 heavy (non-hydrogen) atoms. The molecule has 0 saturated carbocycles. The molecule has 0 aromatic carbocycles. The van der Waals surface area contributed by atoms with Gasteiger partial charge in [0.1, 0.15) is 5.60 Å². The number of rotatable bonds is 2. The maximum Gasteiger partial charge on any atom is 0.410 e. The zero-order valence-electron chi connectivity index (χ0n) is 14.3. The van der Waals surface area contributed by atoms with Crippen molar-refractivity contribution in [3.05, 3.63) is 30.1 Å². The molecule has 0 radical (unpaired) electrons. The van der Waals surface area contributed by atoms with Crippen LogP contribution in [0.4, 0.5) is 4.79 Å². The van der Waals surface area contributed by atoms with Crippen LogP contribution in [0.15, 0.2) is 24.5 Å². The third kappa shape index (κ3) is 4.94. The van der Waals surface area contributed by atoms with Gasteiger partial charge in [0.25, 0.3) is 5.91 Å². The summed E-state index contributed by atoms with van der Waals surface area (Å²) < 4.78 is 5.39. The van der Waals surface area contributed by atoms with Crippen molar-refractivity contribution in [3.8, 4) is 0 Å². The molecule has 1 saturated heterocycles. The Hall–Kier alpha value is -2.11. The molecular formula is C17H25N3O3. The maximum absolute atomic E-state index is 12.3. The lowest BCUT2D eigenvalue weighted by atomic mass is 9.89. The van der Waals surface area contributed by atoms with E-state index < -0.39 is 5.60 Å². The predicted molar refractivity (Wildman–Crippen MR) is 87.1 cm³/mol. The molecule has 0 bridgehead atoms. The number of piperidine rings is 1. The number of aromatic nitrogens is 1. The molecule has 1 fully saturated rings. The second-order valence-corrected chi connectivity index (χ2v) is 7.22. The van der Waals surface area contributed by atoms with Gasteiger partial charge in [-0.05, 0) is 52.7 Å². The van der Waals surface area contributed by atoms with E-state index in [9.17, 15) is 9.59 Å². The fourth-order valence-corrected chi connectivity index (χ4v) is 2.48. The summed E-state index contributed by atoms with van der Waals surface area (Å²) in [6.07, 6.45) is 4.28. The van der Waals surface area contributed by atoms with Crippen LogP contribution in [0, 0.1) is 0 Å². The largest absolute Gasteiger partial charge is 0.444 e. The van der Waals surface area contributed by atoms with Crippen LogP contribution in [-0.2, 0) is 4.74 Å². The van der Waals surface area contributed by atoms with Crippen molar-refractivity contribution in [1.29, 1.82) is 0 Å². The molecule has 1 N–H and O–H groups in total. The molecule has 126 valence electrons. The summed E-state index contributed by atoms with van der Waals surface area (Å²) in [5.41, 5.74) is -0.277. The minimum atomic E-state index is -0.494. The average Bonchev–Trinajstić information content (AvgIpc) is 2.46. The fraction of sp³-hybridized carbons (Fsp3) is 0.588. The zero-order chi connectivity index (χ0) is 17.1. The first-order valence-electron chi connectivity index (χ1n) is 7.89. The van der Waals surface area contributed by atoms with Crippen LogP contribution in [0.25, 0.3) is 0 Å². The number of carbonyl (C=O) groups is 2. The third-order valence-electron chi connectivity index (χ3n) is 3.86. The van der Waals surface area contributed by atoms with E-state index in [1.807, 2.05) is 27.7 Å². The third-order valence-corrected chi connectivity index (χ3v) is 3.86. The molecule has 1 aliphatic heterocycles. The van der Waals surface area contributed by atoms with Gasteiger partial charge < -0.3 is 15.0 Å². The standard InChI is InChI=1S/C17H25N3O3/c1-16(2,3)23-15(22)20-10-7-17(4,8-11-20)19-14(21)13-6-5-9-18-12-13/h5-6,9,12H,7-8,10-11H2,1-4H3,(H,19,21). The van der Waals surface area contributed by atoms with Crippen LogP contribution < -0.4 is 5.32 Å². The summed E-state index contributed by atoms with van der Waals surface area (Å²) in [6, 6.07) is 3.48. The first-order valence-corrected chi connectivity index (χ1v) is 7.89. The van der Waals surface area contributed by atoms with Crippen LogP contribution in [0.3, 0.4) is 0 Å². The van der Waals surface area contributed by atoms with E-state index in [0.29, 0.717) is 31.5 Å². The molecule has 2 heterocycles. The quantitative estimate of drug-likeness (QED) is 0.909. The highest BCUT2D eigenvalue weighted by molar-refractivity contribution is 5.94. The van der Waals surface area contributed by atoms with Crippen molar-refractivity contribution in [2.24, 2.45) is 0 Å². The number of hydrogen-bond acceptors (Lipinski definition) is 4. The smallest absolute Gasteiger partial charge is 0.410 e. The molecule has 1 aromatic rings. The van der Waals surface area contributed by atoms with Gasteiger partial charge in [-0.1, -0.05) is 0 Å². The molecule has 0 spiro atoms. The number of nitrogens with one attached hydrogen (secondary N) is 1. The highest BCUT2D eigenvalue weighted by Gasteiger charge is 2.34. The molecule has 1 aromatic heterocycles. The molecule has 2 amide bonds.